The van der Waals surface area contributed by atoms with E-state index in [1.54, 1.807) is 24.5 Å². The normalized spacial score (nSPS) is 12.0. The predicted octanol–water partition coefficient (Wildman–Crippen LogP) is 4.87. The predicted molar refractivity (Wildman–Crippen MR) is 120 cm³/mol. The lowest BCUT2D eigenvalue weighted by Crippen LogP contribution is -2.19. The summed E-state index contributed by atoms with van der Waals surface area (Å²) in [5, 5.41) is 14.9. The third-order valence-corrected chi connectivity index (χ3v) is 4.79. The lowest BCUT2D eigenvalue weighted by molar-refractivity contribution is -0.111. The lowest BCUT2D eigenvalue weighted by atomic mass is 9.87. The number of tetrazole rings is 1. The van der Waals surface area contributed by atoms with Crippen molar-refractivity contribution in [3.63, 3.8) is 0 Å². The third kappa shape index (κ3) is 4.61. The van der Waals surface area contributed by atoms with Crippen molar-refractivity contribution in [3.05, 3.63) is 84.3 Å². The van der Waals surface area contributed by atoms with Gasteiger partial charge < -0.3 is 9.73 Å². The maximum absolute atomic E-state index is 13.3. The van der Waals surface area contributed by atoms with Gasteiger partial charge in [0.1, 0.15) is 11.5 Å². The first kappa shape index (κ1) is 20.3. The summed E-state index contributed by atoms with van der Waals surface area (Å²) in [4.78, 5) is 13.3. The maximum Gasteiger partial charge on any atom is 0.274 e. The Balaban J connectivity index is 1.69. The van der Waals surface area contributed by atoms with Gasteiger partial charge >= 0.3 is 0 Å². The second kappa shape index (κ2) is 8.39. The molecule has 0 saturated carbocycles. The van der Waals surface area contributed by atoms with Gasteiger partial charge in [0.05, 0.1) is 6.26 Å². The van der Waals surface area contributed by atoms with E-state index >= 15 is 0 Å². The smallest absolute Gasteiger partial charge is 0.274 e. The molecule has 0 bridgehead atoms. The van der Waals surface area contributed by atoms with Crippen LogP contribution in [0.2, 0.25) is 0 Å². The molecular formula is C24H23N5O2. The highest BCUT2D eigenvalue weighted by atomic mass is 16.3. The molecule has 2 heterocycles. The van der Waals surface area contributed by atoms with E-state index in [2.05, 4.69) is 41.6 Å². The van der Waals surface area contributed by atoms with Crippen molar-refractivity contribution < 1.29 is 9.21 Å². The van der Waals surface area contributed by atoms with E-state index in [-0.39, 0.29) is 17.0 Å². The van der Waals surface area contributed by atoms with E-state index in [1.807, 2.05) is 54.6 Å². The van der Waals surface area contributed by atoms with Crippen LogP contribution in [0.3, 0.4) is 0 Å². The molecule has 0 saturated heterocycles. The van der Waals surface area contributed by atoms with Gasteiger partial charge in [0.25, 0.3) is 5.91 Å². The molecule has 1 amide bonds. The van der Waals surface area contributed by atoms with Crippen LogP contribution < -0.4 is 5.32 Å². The molecule has 7 nitrogen and oxygen atoms in total. The Kier molecular flexibility index (Phi) is 5.49. The molecule has 2 aromatic carbocycles. The van der Waals surface area contributed by atoms with Crippen molar-refractivity contribution in [3.8, 4) is 11.4 Å². The number of amides is 1. The van der Waals surface area contributed by atoms with E-state index in [4.69, 9.17) is 4.42 Å². The van der Waals surface area contributed by atoms with Crippen LogP contribution in [0, 0.1) is 0 Å². The molecule has 0 radical (unpaired) electrons. The van der Waals surface area contributed by atoms with E-state index in [9.17, 15) is 4.79 Å². The van der Waals surface area contributed by atoms with Gasteiger partial charge in [0.2, 0.25) is 0 Å². The van der Waals surface area contributed by atoms with Crippen molar-refractivity contribution in [1.82, 2.24) is 20.2 Å². The standard InChI is InChI=1S/C24H23N5O2/c1-24(2,3)18-11-13-19(14-12-18)25-23(30)21(16-20-10-7-15-31-20)29-22(26-27-28-29)17-8-5-4-6-9-17/h4-16H,1-3H3,(H,25,30)/b21-16+. The zero-order valence-electron chi connectivity index (χ0n) is 17.6. The van der Waals surface area contributed by atoms with Gasteiger partial charge in [-0.1, -0.05) is 63.2 Å². The molecule has 0 aliphatic rings. The molecule has 31 heavy (non-hydrogen) atoms. The first-order valence-electron chi connectivity index (χ1n) is 9.93. The van der Waals surface area contributed by atoms with Crippen LogP contribution in [0.5, 0.6) is 0 Å². The van der Waals surface area contributed by atoms with E-state index in [0.717, 1.165) is 5.56 Å². The molecule has 0 spiro atoms. The van der Waals surface area contributed by atoms with Crippen LogP contribution >= 0.6 is 0 Å². The van der Waals surface area contributed by atoms with Gasteiger partial charge in [-0.25, -0.2) is 0 Å². The van der Waals surface area contributed by atoms with E-state index in [1.165, 1.54) is 10.2 Å². The number of carbonyl (C=O) groups excluding carboxylic acids is 1. The zero-order valence-corrected chi connectivity index (χ0v) is 17.6. The summed E-state index contributed by atoms with van der Waals surface area (Å²) in [6, 6.07) is 20.8. The summed E-state index contributed by atoms with van der Waals surface area (Å²) in [7, 11) is 0. The fraction of sp³-hybridized carbons (Fsp3) is 0.167. The zero-order chi connectivity index (χ0) is 21.8. The second-order valence-corrected chi connectivity index (χ2v) is 8.11. The first-order chi connectivity index (χ1) is 14.9. The number of hydrogen-bond acceptors (Lipinski definition) is 5. The lowest BCUT2D eigenvalue weighted by Gasteiger charge is -2.19. The maximum atomic E-state index is 13.3. The average Bonchev–Trinajstić information content (AvgIpc) is 3.44. The molecule has 4 aromatic rings. The van der Waals surface area contributed by atoms with E-state index < -0.39 is 0 Å². The molecule has 0 atom stereocenters. The number of benzene rings is 2. The molecule has 0 fully saturated rings. The summed E-state index contributed by atoms with van der Waals surface area (Å²) in [6.07, 6.45) is 3.16. The number of nitrogens with one attached hydrogen (secondary N) is 1. The number of nitrogens with zero attached hydrogens (tertiary/aromatic N) is 4. The Morgan fingerprint density at radius 1 is 1.00 bits per heavy atom. The van der Waals surface area contributed by atoms with Crippen LogP contribution in [-0.2, 0) is 10.2 Å². The minimum Gasteiger partial charge on any atom is -0.465 e. The van der Waals surface area contributed by atoms with Crippen LogP contribution in [0.25, 0.3) is 23.2 Å². The molecule has 156 valence electrons. The SMILES string of the molecule is CC(C)(C)c1ccc(NC(=O)/C(=C\c2ccco2)n2nnnc2-c2ccccc2)cc1. The van der Waals surface area contributed by atoms with Gasteiger partial charge in [0, 0.05) is 17.3 Å². The van der Waals surface area contributed by atoms with Crippen molar-refractivity contribution in [2.45, 2.75) is 26.2 Å². The Morgan fingerprint density at radius 2 is 1.74 bits per heavy atom. The van der Waals surface area contributed by atoms with Crippen LogP contribution in [0.4, 0.5) is 5.69 Å². The third-order valence-electron chi connectivity index (χ3n) is 4.79. The molecule has 7 heteroatoms. The van der Waals surface area contributed by atoms with Crippen LogP contribution in [0.1, 0.15) is 32.1 Å². The van der Waals surface area contributed by atoms with Gasteiger partial charge in [-0.05, 0) is 45.7 Å². The second-order valence-electron chi connectivity index (χ2n) is 8.11. The number of rotatable bonds is 5. The van der Waals surface area contributed by atoms with Crippen molar-refractivity contribution in [1.29, 1.82) is 0 Å². The van der Waals surface area contributed by atoms with E-state index in [0.29, 0.717) is 17.3 Å². The highest BCUT2D eigenvalue weighted by Gasteiger charge is 2.20. The number of aromatic nitrogens is 4. The van der Waals surface area contributed by atoms with Crippen molar-refractivity contribution >= 4 is 23.4 Å². The number of carbonyl (C=O) groups is 1. The highest BCUT2D eigenvalue weighted by Crippen LogP contribution is 2.25. The summed E-state index contributed by atoms with van der Waals surface area (Å²) in [5.74, 6) is 0.615. The number of furan rings is 1. The Morgan fingerprint density at radius 3 is 2.39 bits per heavy atom. The van der Waals surface area contributed by atoms with Crippen LogP contribution in [-0.4, -0.2) is 26.1 Å². The fourth-order valence-corrected chi connectivity index (χ4v) is 3.10. The summed E-state index contributed by atoms with van der Waals surface area (Å²) < 4.78 is 6.84. The molecule has 0 aliphatic heterocycles. The number of anilines is 1. The Hall–Kier alpha value is -4.00. The quantitative estimate of drug-likeness (QED) is 0.472. The van der Waals surface area contributed by atoms with Gasteiger partial charge in [-0.2, -0.15) is 4.68 Å². The topological polar surface area (TPSA) is 85.8 Å². The first-order valence-corrected chi connectivity index (χ1v) is 9.93. The molecule has 1 N–H and O–H groups in total. The minimum atomic E-state index is -0.357. The molecule has 0 aliphatic carbocycles. The van der Waals surface area contributed by atoms with Gasteiger partial charge in [-0.3, -0.25) is 4.79 Å². The molecule has 0 unspecified atom stereocenters. The van der Waals surface area contributed by atoms with Crippen molar-refractivity contribution in [2.75, 3.05) is 5.32 Å². The average molecular weight is 413 g/mol. The summed E-state index contributed by atoms with van der Waals surface area (Å²) in [5.41, 5.74) is 2.92. The van der Waals surface area contributed by atoms with Gasteiger partial charge in [0.15, 0.2) is 5.82 Å². The van der Waals surface area contributed by atoms with Gasteiger partial charge in [-0.15, -0.1) is 5.10 Å². The summed E-state index contributed by atoms with van der Waals surface area (Å²) >= 11 is 0. The molecule has 2 aromatic heterocycles. The monoisotopic (exact) mass is 413 g/mol. The molecule has 4 rings (SSSR count). The largest absolute Gasteiger partial charge is 0.465 e. The van der Waals surface area contributed by atoms with Crippen LogP contribution in [0.15, 0.2) is 77.4 Å². The number of hydrogen-bond donors (Lipinski definition) is 1. The minimum absolute atomic E-state index is 0.0316. The molecular weight excluding hydrogens is 390 g/mol. The Bertz CT molecular complexity index is 1190. The van der Waals surface area contributed by atoms with Crippen molar-refractivity contribution in [2.24, 2.45) is 0 Å². The highest BCUT2D eigenvalue weighted by molar-refractivity contribution is 6.24. The Labute approximate surface area is 180 Å². The fourth-order valence-electron chi connectivity index (χ4n) is 3.10. The summed E-state index contributed by atoms with van der Waals surface area (Å²) in [6.45, 7) is 6.44.